The van der Waals surface area contributed by atoms with Crippen LogP contribution >= 0.6 is 0 Å². The van der Waals surface area contributed by atoms with E-state index in [9.17, 15) is 10.2 Å². The summed E-state index contributed by atoms with van der Waals surface area (Å²) in [6, 6.07) is 0. The molecule has 0 bridgehead atoms. The van der Waals surface area contributed by atoms with Crippen LogP contribution in [0.1, 0.15) is 113 Å². The van der Waals surface area contributed by atoms with Gasteiger partial charge in [0.1, 0.15) is 0 Å². The summed E-state index contributed by atoms with van der Waals surface area (Å²) in [4.78, 5) is 0. The average molecular weight is 443 g/mol. The maximum Gasteiger partial charge on any atom is 0.0594 e. The Kier molecular flexibility index (Phi) is 5.19. The second-order valence-electron chi connectivity index (χ2n) is 14.9. The smallest absolute Gasteiger partial charge is 0.0594 e. The molecule has 32 heavy (non-hydrogen) atoms. The molecule has 182 valence electrons. The lowest BCUT2D eigenvalue weighted by atomic mass is 9.42. The highest BCUT2D eigenvalue weighted by Crippen LogP contribution is 2.70. The molecule has 4 saturated carbocycles. The highest BCUT2D eigenvalue weighted by atomic mass is 16.3. The average Bonchev–Trinajstić information content (AvgIpc) is 2.86. The van der Waals surface area contributed by atoms with E-state index in [1.54, 1.807) is 5.57 Å². The van der Waals surface area contributed by atoms with E-state index in [-0.39, 0.29) is 23.0 Å². The van der Waals surface area contributed by atoms with E-state index in [0.29, 0.717) is 34.0 Å². The molecular weight excluding hydrogens is 392 g/mol. The van der Waals surface area contributed by atoms with Crippen molar-refractivity contribution in [2.45, 2.75) is 125 Å². The first-order valence-electron chi connectivity index (χ1n) is 13.8. The lowest BCUT2D eigenvalue weighted by Gasteiger charge is -2.63. The molecule has 0 radical (unpaired) electrons. The van der Waals surface area contributed by atoms with Crippen molar-refractivity contribution in [2.24, 2.45) is 50.7 Å². The third-order valence-electron chi connectivity index (χ3n) is 12.9. The Bertz CT molecular complexity index is 795. The number of aliphatic hydroxyl groups is 2. The van der Waals surface area contributed by atoms with Crippen LogP contribution in [0.25, 0.3) is 0 Å². The molecule has 2 nitrogen and oxygen atoms in total. The van der Waals surface area contributed by atoms with E-state index in [0.717, 1.165) is 25.2 Å². The number of hydrogen-bond acceptors (Lipinski definition) is 2. The largest absolute Gasteiger partial charge is 0.393 e. The molecule has 4 fully saturated rings. The first-order valence-corrected chi connectivity index (χ1v) is 13.8. The summed E-state index contributed by atoms with van der Waals surface area (Å²) >= 11 is 0. The number of fused-ring (bicyclic) bond motifs is 6. The van der Waals surface area contributed by atoms with Gasteiger partial charge in [0.25, 0.3) is 0 Å². The van der Waals surface area contributed by atoms with Crippen LogP contribution in [0.4, 0.5) is 0 Å². The second kappa shape index (κ2) is 7.09. The Hall–Kier alpha value is -0.340. The molecule has 9 atom stereocenters. The van der Waals surface area contributed by atoms with Crippen molar-refractivity contribution in [1.82, 2.24) is 0 Å². The Balaban J connectivity index is 1.50. The number of allylic oxidation sites excluding steroid dienone is 2. The molecule has 5 rings (SSSR count). The van der Waals surface area contributed by atoms with E-state index in [1.165, 1.54) is 44.9 Å². The van der Waals surface area contributed by atoms with Crippen molar-refractivity contribution < 1.29 is 10.2 Å². The molecule has 0 amide bonds. The van der Waals surface area contributed by atoms with Crippen molar-refractivity contribution in [3.8, 4) is 0 Å². The summed E-state index contributed by atoms with van der Waals surface area (Å²) in [5, 5.41) is 21.7. The Morgan fingerprint density at radius 1 is 0.656 bits per heavy atom. The standard InChI is InChI=1S/C30H50O2/c1-26(2)21-10-8-19-18-28(5)15-12-22-27(3,4)25(32)14-17-30(22,7)23(28)11-9-20(19)29(21,6)16-13-24(26)31/h8,20-25,31-32H,9-18H2,1-7H3/t20-,21-,22-,23+,24-,25-,28-,29+,30-/m0/s1. The maximum absolute atomic E-state index is 10.9. The quantitative estimate of drug-likeness (QED) is 0.391. The van der Waals surface area contributed by atoms with Gasteiger partial charge in [-0.1, -0.05) is 60.1 Å². The van der Waals surface area contributed by atoms with Crippen LogP contribution in [0.5, 0.6) is 0 Å². The highest BCUT2D eigenvalue weighted by Gasteiger charge is 2.63. The third kappa shape index (κ3) is 2.96. The van der Waals surface area contributed by atoms with Gasteiger partial charge in [0.2, 0.25) is 0 Å². The van der Waals surface area contributed by atoms with Crippen LogP contribution in [0.2, 0.25) is 0 Å². The van der Waals surface area contributed by atoms with E-state index in [2.05, 4.69) is 54.5 Å². The van der Waals surface area contributed by atoms with Crippen molar-refractivity contribution in [3.05, 3.63) is 11.6 Å². The van der Waals surface area contributed by atoms with E-state index in [4.69, 9.17) is 0 Å². The van der Waals surface area contributed by atoms with Gasteiger partial charge in [-0.3, -0.25) is 0 Å². The molecule has 5 aliphatic rings. The number of rotatable bonds is 0. The van der Waals surface area contributed by atoms with Crippen LogP contribution in [-0.2, 0) is 0 Å². The highest BCUT2D eigenvalue weighted by molar-refractivity contribution is 5.25. The number of hydrogen-bond donors (Lipinski definition) is 2. The van der Waals surface area contributed by atoms with Crippen molar-refractivity contribution in [3.63, 3.8) is 0 Å². The molecule has 0 aromatic heterocycles. The van der Waals surface area contributed by atoms with Gasteiger partial charge in [-0.05, 0) is 115 Å². The van der Waals surface area contributed by atoms with Gasteiger partial charge in [0.15, 0.2) is 0 Å². The van der Waals surface area contributed by atoms with Crippen LogP contribution in [0.15, 0.2) is 11.6 Å². The maximum atomic E-state index is 10.9. The van der Waals surface area contributed by atoms with Gasteiger partial charge in [-0.2, -0.15) is 0 Å². The fourth-order valence-corrected chi connectivity index (χ4v) is 10.9. The minimum atomic E-state index is -0.156. The summed E-state index contributed by atoms with van der Waals surface area (Å²) in [7, 11) is 0. The van der Waals surface area contributed by atoms with Gasteiger partial charge >= 0.3 is 0 Å². The first kappa shape index (κ1) is 23.4. The first-order chi connectivity index (χ1) is 14.8. The SMILES string of the molecule is CC1(C)[C@@H](O)CC[C@]2(C)[C@@H]3CC[C@H]4C(=CC[C@H]5C(C)(C)[C@@H](O)CC[C@]45C)C[C@]3(C)CC[C@@H]12. The van der Waals surface area contributed by atoms with Gasteiger partial charge in [0, 0.05) is 0 Å². The minimum absolute atomic E-state index is 0.0125. The lowest BCUT2D eigenvalue weighted by molar-refractivity contribution is -0.170. The van der Waals surface area contributed by atoms with Crippen molar-refractivity contribution in [2.75, 3.05) is 0 Å². The van der Waals surface area contributed by atoms with Gasteiger partial charge in [-0.25, -0.2) is 0 Å². The fraction of sp³-hybridized carbons (Fsp3) is 0.933. The monoisotopic (exact) mass is 442 g/mol. The van der Waals surface area contributed by atoms with Gasteiger partial charge in [0.05, 0.1) is 12.2 Å². The zero-order valence-corrected chi connectivity index (χ0v) is 22.0. The second-order valence-corrected chi connectivity index (χ2v) is 14.9. The van der Waals surface area contributed by atoms with E-state index >= 15 is 0 Å². The third-order valence-corrected chi connectivity index (χ3v) is 12.9. The Labute approximate surface area is 197 Å². The topological polar surface area (TPSA) is 40.5 Å². The zero-order valence-electron chi connectivity index (χ0n) is 22.0. The summed E-state index contributed by atoms with van der Waals surface area (Å²) in [6.45, 7) is 17.2. The normalized spacial score (nSPS) is 54.2. The Morgan fingerprint density at radius 2 is 1.25 bits per heavy atom. The molecule has 0 aromatic carbocycles. The van der Waals surface area contributed by atoms with E-state index in [1.807, 2.05) is 0 Å². The fourth-order valence-electron chi connectivity index (χ4n) is 10.9. The molecule has 0 aliphatic heterocycles. The summed E-state index contributed by atoms with van der Waals surface area (Å²) < 4.78 is 0. The molecule has 5 aliphatic carbocycles. The lowest BCUT2D eigenvalue weighted by Crippen LogP contribution is -2.58. The molecule has 0 aromatic rings. The van der Waals surface area contributed by atoms with Crippen LogP contribution in [-0.4, -0.2) is 22.4 Å². The predicted octanol–water partition coefficient (Wildman–Crippen LogP) is 7.14. The minimum Gasteiger partial charge on any atom is -0.393 e. The van der Waals surface area contributed by atoms with Crippen LogP contribution < -0.4 is 0 Å². The predicted molar refractivity (Wildman–Crippen MR) is 132 cm³/mol. The molecule has 0 unspecified atom stereocenters. The van der Waals surface area contributed by atoms with E-state index < -0.39 is 0 Å². The molecular formula is C30H50O2. The van der Waals surface area contributed by atoms with Gasteiger partial charge in [-0.15, -0.1) is 0 Å². The molecule has 0 spiro atoms. The summed E-state index contributed by atoms with van der Waals surface area (Å²) in [5.41, 5.74) is 2.91. The zero-order chi connectivity index (χ0) is 23.3. The summed E-state index contributed by atoms with van der Waals surface area (Å²) in [6.07, 6.45) is 14.4. The van der Waals surface area contributed by atoms with Crippen molar-refractivity contribution >= 4 is 0 Å². The molecule has 2 heteroatoms. The summed E-state index contributed by atoms with van der Waals surface area (Å²) in [5.74, 6) is 2.68. The van der Waals surface area contributed by atoms with Gasteiger partial charge < -0.3 is 10.2 Å². The van der Waals surface area contributed by atoms with Crippen LogP contribution in [0.3, 0.4) is 0 Å². The number of aliphatic hydroxyl groups excluding tert-OH is 2. The van der Waals surface area contributed by atoms with Crippen molar-refractivity contribution in [1.29, 1.82) is 0 Å². The molecule has 2 N–H and O–H groups in total. The Morgan fingerprint density at radius 3 is 1.91 bits per heavy atom. The molecule has 0 heterocycles. The van der Waals surface area contributed by atoms with Crippen LogP contribution in [0, 0.1) is 50.7 Å². The molecule has 0 saturated heterocycles.